The van der Waals surface area contributed by atoms with Crippen LogP contribution in [0.3, 0.4) is 0 Å². The molecule has 9 heavy (non-hydrogen) atoms. The second kappa shape index (κ2) is 2.28. The average molecular weight is 150 g/mol. The fourth-order valence-electron chi connectivity index (χ4n) is 0.667. The summed E-state index contributed by atoms with van der Waals surface area (Å²) < 4.78 is 20.5. The van der Waals surface area contributed by atoms with Gasteiger partial charge in [0.15, 0.2) is 10.1 Å². The molecule has 0 aromatic heterocycles. The van der Waals surface area contributed by atoms with Crippen LogP contribution in [0.5, 0.6) is 0 Å². The molecule has 1 heterocycles. The van der Waals surface area contributed by atoms with Crippen LogP contribution >= 0.6 is 0 Å². The third-order valence-electron chi connectivity index (χ3n) is 1.10. The van der Waals surface area contributed by atoms with Gasteiger partial charge in [-0.05, 0) is 13.3 Å². The van der Waals surface area contributed by atoms with Gasteiger partial charge in [0.05, 0.1) is 12.7 Å². The van der Waals surface area contributed by atoms with Gasteiger partial charge in [-0.3, -0.25) is 8.37 Å². The van der Waals surface area contributed by atoms with E-state index in [1.807, 2.05) is 6.92 Å². The summed E-state index contributed by atoms with van der Waals surface area (Å²) in [6, 6.07) is 0. The van der Waals surface area contributed by atoms with Gasteiger partial charge in [-0.25, -0.2) is 4.21 Å². The SMILES string of the molecule is C=S1(=O)OCCC(C)O1. The fraction of sp³-hybridized carbons (Fsp3) is 0.800. The zero-order valence-corrected chi connectivity index (χ0v) is 6.15. The van der Waals surface area contributed by atoms with Crippen molar-refractivity contribution in [3.8, 4) is 0 Å². The topological polar surface area (TPSA) is 35.5 Å². The second-order valence-electron chi connectivity index (χ2n) is 2.08. The highest BCUT2D eigenvalue weighted by Crippen LogP contribution is 2.11. The zero-order chi connectivity index (χ0) is 6.91. The van der Waals surface area contributed by atoms with Crippen molar-refractivity contribution in [2.75, 3.05) is 6.61 Å². The summed E-state index contributed by atoms with van der Waals surface area (Å²) in [4.78, 5) is 0. The maximum atomic E-state index is 10.9. The maximum Gasteiger partial charge on any atom is 0.198 e. The van der Waals surface area contributed by atoms with Crippen molar-refractivity contribution in [2.24, 2.45) is 0 Å². The summed E-state index contributed by atoms with van der Waals surface area (Å²) in [7, 11) is -2.63. The standard InChI is InChI=1S/C5H10O3S/c1-5-3-4-7-9(2,6)8-5/h5H,2-4H2,1H3. The van der Waals surface area contributed by atoms with E-state index in [2.05, 4.69) is 5.87 Å². The van der Waals surface area contributed by atoms with Crippen LogP contribution in [0.1, 0.15) is 13.3 Å². The summed E-state index contributed by atoms with van der Waals surface area (Å²) in [6.45, 7) is 2.34. The molecule has 2 unspecified atom stereocenters. The Bertz CT molecular complexity index is 182. The number of hydrogen-bond acceptors (Lipinski definition) is 3. The quantitative estimate of drug-likeness (QED) is 0.468. The minimum atomic E-state index is -2.63. The van der Waals surface area contributed by atoms with E-state index in [1.165, 1.54) is 0 Å². The van der Waals surface area contributed by atoms with Crippen LogP contribution in [0.15, 0.2) is 0 Å². The summed E-state index contributed by atoms with van der Waals surface area (Å²) in [5, 5.41) is 0. The van der Waals surface area contributed by atoms with Gasteiger partial charge in [-0.2, -0.15) is 0 Å². The van der Waals surface area contributed by atoms with Gasteiger partial charge in [0.2, 0.25) is 0 Å². The molecule has 54 valence electrons. The molecular weight excluding hydrogens is 140 g/mol. The predicted octanol–water partition coefficient (Wildman–Crippen LogP) is 0.358. The van der Waals surface area contributed by atoms with Crippen molar-refractivity contribution < 1.29 is 12.6 Å². The van der Waals surface area contributed by atoms with Crippen LogP contribution < -0.4 is 0 Å². The van der Waals surface area contributed by atoms with Gasteiger partial charge < -0.3 is 0 Å². The van der Waals surface area contributed by atoms with Gasteiger partial charge in [0, 0.05) is 5.87 Å². The molecule has 0 aromatic carbocycles. The Kier molecular flexibility index (Phi) is 1.79. The third kappa shape index (κ3) is 1.97. The summed E-state index contributed by atoms with van der Waals surface area (Å²) >= 11 is 0. The van der Waals surface area contributed by atoms with Gasteiger partial charge in [-0.1, -0.05) is 0 Å². The molecule has 1 rings (SSSR count). The van der Waals surface area contributed by atoms with E-state index in [1.54, 1.807) is 0 Å². The number of rotatable bonds is 0. The lowest BCUT2D eigenvalue weighted by Crippen LogP contribution is -2.25. The Labute approximate surface area is 55.4 Å². The first kappa shape index (κ1) is 7.05. The first-order chi connectivity index (χ1) is 4.10. The number of hydrogen-bond donors (Lipinski definition) is 0. The minimum absolute atomic E-state index is 0.0174. The molecule has 0 aromatic rings. The van der Waals surface area contributed by atoms with Crippen LogP contribution in [0, 0.1) is 0 Å². The second-order valence-corrected chi connectivity index (χ2v) is 3.62. The van der Waals surface area contributed by atoms with E-state index >= 15 is 0 Å². The Morgan fingerprint density at radius 1 is 1.78 bits per heavy atom. The molecule has 0 bridgehead atoms. The molecule has 0 saturated carbocycles. The highest BCUT2D eigenvalue weighted by Gasteiger charge is 2.16. The van der Waals surface area contributed by atoms with Crippen molar-refractivity contribution in [3.63, 3.8) is 0 Å². The highest BCUT2D eigenvalue weighted by atomic mass is 32.2. The lowest BCUT2D eigenvalue weighted by molar-refractivity contribution is 0.122. The van der Waals surface area contributed by atoms with E-state index < -0.39 is 10.1 Å². The predicted molar refractivity (Wildman–Crippen MR) is 36.4 cm³/mol. The molecule has 0 spiro atoms. The zero-order valence-electron chi connectivity index (χ0n) is 5.33. The smallest absolute Gasteiger partial charge is 0.198 e. The third-order valence-corrected chi connectivity index (χ3v) is 2.25. The van der Waals surface area contributed by atoms with Crippen molar-refractivity contribution >= 4 is 16.0 Å². The molecule has 0 aliphatic carbocycles. The van der Waals surface area contributed by atoms with E-state index in [9.17, 15) is 4.21 Å². The molecule has 1 fully saturated rings. The van der Waals surface area contributed by atoms with Gasteiger partial charge in [-0.15, -0.1) is 0 Å². The highest BCUT2D eigenvalue weighted by molar-refractivity contribution is 7.91. The first-order valence-electron chi connectivity index (χ1n) is 2.80. The Balaban J connectivity index is 2.62. The Hall–Kier alpha value is -0.0600. The van der Waals surface area contributed by atoms with Gasteiger partial charge in [0.1, 0.15) is 0 Å². The van der Waals surface area contributed by atoms with Crippen LogP contribution in [-0.4, -0.2) is 22.8 Å². The van der Waals surface area contributed by atoms with Crippen LogP contribution in [0.2, 0.25) is 0 Å². The van der Waals surface area contributed by atoms with Gasteiger partial charge >= 0.3 is 0 Å². The van der Waals surface area contributed by atoms with Crippen LogP contribution in [0.25, 0.3) is 0 Å². The molecular formula is C5H10O3S. The van der Waals surface area contributed by atoms with E-state index in [0.29, 0.717) is 6.61 Å². The lowest BCUT2D eigenvalue weighted by atomic mass is 10.3. The monoisotopic (exact) mass is 150 g/mol. The molecule has 1 aliphatic heterocycles. The summed E-state index contributed by atoms with van der Waals surface area (Å²) in [5.74, 6) is 3.26. The molecule has 1 aliphatic rings. The van der Waals surface area contributed by atoms with Crippen molar-refractivity contribution in [3.05, 3.63) is 0 Å². The minimum Gasteiger partial charge on any atom is -0.278 e. The Morgan fingerprint density at radius 3 is 2.78 bits per heavy atom. The van der Waals surface area contributed by atoms with Crippen LogP contribution in [-0.2, 0) is 18.4 Å². The lowest BCUT2D eigenvalue weighted by Gasteiger charge is -2.21. The van der Waals surface area contributed by atoms with Crippen molar-refractivity contribution in [2.45, 2.75) is 19.4 Å². The van der Waals surface area contributed by atoms with Crippen molar-refractivity contribution in [1.29, 1.82) is 0 Å². The molecule has 3 nitrogen and oxygen atoms in total. The van der Waals surface area contributed by atoms with E-state index in [4.69, 9.17) is 8.37 Å². The fourth-order valence-corrected chi connectivity index (χ4v) is 1.67. The first-order valence-corrected chi connectivity index (χ1v) is 4.38. The van der Waals surface area contributed by atoms with E-state index in [0.717, 1.165) is 6.42 Å². The summed E-state index contributed by atoms with van der Waals surface area (Å²) in [6.07, 6.45) is 0.815. The molecule has 0 radical (unpaired) electrons. The molecule has 0 N–H and O–H groups in total. The molecule has 2 atom stereocenters. The molecule has 1 saturated heterocycles. The largest absolute Gasteiger partial charge is 0.278 e. The normalized spacial score (nSPS) is 44.8. The Morgan fingerprint density at radius 2 is 2.44 bits per heavy atom. The molecule has 0 amide bonds. The maximum absolute atomic E-state index is 10.9. The van der Waals surface area contributed by atoms with Gasteiger partial charge in [0.25, 0.3) is 0 Å². The average Bonchev–Trinajstić information content (AvgIpc) is 1.60. The van der Waals surface area contributed by atoms with Crippen molar-refractivity contribution in [1.82, 2.24) is 0 Å². The molecule has 4 heteroatoms. The van der Waals surface area contributed by atoms with Crippen LogP contribution in [0.4, 0.5) is 0 Å². The summed E-state index contributed by atoms with van der Waals surface area (Å²) in [5.41, 5.74) is 0. The van der Waals surface area contributed by atoms with E-state index in [-0.39, 0.29) is 6.10 Å².